The molecular formula is C18H18N4O2S2. The molecule has 2 aromatic heterocycles. The van der Waals surface area contributed by atoms with Crippen molar-refractivity contribution in [3.63, 3.8) is 0 Å². The lowest BCUT2D eigenvalue weighted by Crippen LogP contribution is -2.20. The van der Waals surface area contributed by atoms with Gasteiger partial charge in [-0.3, -0.25) is 9.59 Å². The van der Waals surface area contributed by atoms with Crippen LogP contribution in [0.5, 0.6) is 0 Å². The first-order chi connectivity index (χ1) is 12.5. The number of aryl methyl sites for hydroxylation is 1. The van der Waals surface area contributed by atoms with Crippen LogP contribution < -0.4 is 10.6 Å². The highest BCUT2D eigenvalue weighted by Crippen LogP contribution is 2.28. The summed E-state index contributed by atoms with van der Waals surface area (Å²) in [6, 6.07) is 9.91. The highest BCUT2D eigenvalue weighted by molar-refractivity contribution is 7.15. The third kappa shape index (κ3) is 4.53. The minimum Gasteiger partial charge on any atom is -0.359 e. The van der Waals surface area contributed by atoms with E-state index in [1.54, 1.807) is 12.4 Å². The molecule has 3 rings (SSSR count). The number of amides is 2. The molecule has 0 aliphatic carbocycles. The van der Waals surface area contributed by atoms with E-state index in [9.17, 15) is 9.59 Å². The van der Waals surface area contributed by atoms with Gasteiger partial charge in [-0.05, 0) is 6.92 Å². The molecule has 0 radical (unpaired) electrons. The number of anilines is 1. The van der Waals surface area contributed by atoms with Crippen molar-refractivity contribution in [2.45, 2.75) is 19.8 Å². The molecule has 2 N–H and O–H groups in total. The van der Waals surface area contributed by atoms with Gasteiger partial charge >= 0.3 is 0 Å². The average Bonchev–Trinajstić information content (AvgIpc) is 3.22. The topological polar surface area (TPSA) is 84.0 Å². The van der Waals surface area contributed by atoms with E-state index in [-0.39, 0.29) is 24.7 Å². The first kappa shape index (κ1) is 18.2. The van der Waals surface area contributed by atoms with Crippen LogP contribution in [0.3, 0.4) is 0 Å². The fourth-order valence-electron chi connectivity index (χ4n) is 2.30. The largest absolute Gasteiger partial charge is 0.359 e. The van der Waals surface area contributed by atoms with E-state index < -0.39 is 0 Å². The molecule has 0 saturated heterocycles. The first-order valence-electron chi connectivity index (χ1n) is 8.01. The average molecular weight is 387 g/mol. The summed E-state index contributed by atoms with van der Waals surface area (Å²) in [6.07, 6.45) is 0.456. The standard InChI is InChI=1S/C18H18N4O2S2/c1-11-14(26-17(20-11)12-6-4-3-5-7-12)9-16(24)22-18-21-13(10-25-18)8-15(23)19-2/h3-7,10H,8-9H2,1-2H3,(H,19,23)(H,21,22,24). The van der Waals surface area contributed by atoms with E-state index in [2.05, 4.69) is 20.6 Å². The predicted octanol–water partition coefficient (Wildman–Crippen LogP) is 3.04. The maximum absolute atomic E-state index is 12.3. The lowest BCUT2D eigenvalue weighted by molar-refractivity contribution is -0.120. The molecule has 26 heavy (non-hydrogen) atoms. The van der Waals surface area contributed by atoms with Gasteiger partial charge in [-0.1, -0.05) is 30.3 Å². The van der Waals surface area contributed by atoms with Gasteiger partial charge in [0.05, 0.1) is 24.2 Å². The molecule has 0 atom stereocenters. The molecule has 8 heteroatoms. The Morgan fingerprint density at radius 2 is 1.85 bits per heavy atom. The van der Waals surface area contributed by atoms with Crippen LogP contribution in [0.1, 0.15) is 16.3 Å². The Labute approximate surface area is 159 Å². The Hall–Kier alpha value is -2.58. The maximum atomic E-state index is 12.3. The van der Waals surface area contributed by atoms with Gasteiger partial charge in [-0.25, -0.2) is 9.97 Å². The van der Waals surface area contributed by atoms with Gasteiger partial charge in [0.15, 0.2) is 5.13 Å². The summed E-state index contributed by atoms with van der Waals surface area (Å²) in [4.78, 5) is 33.5. The van der Waals surface area contributed by atoms with Crippen LogP contribution in [0.2, 0.25) is 0 Å². The molecule has 0 fully saturated rings. The van der Waals surface area contributed by atoms with Crippen molar-refractivity contribution in [3.8, 4) is 10.6 Å². The second kappa shape index (κ2) is 8.20. The number of hydrogen-bond acceptors (Lipinski definition) is 6. The second-order valence-electron chi connectivity index (χ2n) is 5.61. The van der Waals surface area contributed by atoms with Crippen molar-refractivity contribution in [2.75, 3.05) is 12.4 Å². The summed E-state index contributed by atoms with van der Waals surface area (Å²) in [6.45, 7) is 1.91. The zero-order valence-corrected chi connectivity index (χ0v) is 16.0. The number of carbonyl (C=O) groups is 2. The van der Waals surface area contributed by atoms with Crippen LogP contribution >= 0.6 is 22.7 Å². The molecule has 1 aromatic carbocycles. The van der Waals surface area contributed by atoms with Gasteiger partial charge in [-0.2, -0.15) is 0 Å². The number of likely N-dealkylation sites (N-methyl/N-ethyl adjacent to an activating group) is 1. The molecule has 2 amide bonds. The van der Waals surface area contributed by atoms with Crippen molar-refractivity contribution in [1.82, 2.24) is 15.3 Å². The van der Waals surface area contributed by atoms with Gasteiger partial charge in [0, 0.05) is 22.9 Å². The molecule has 6 nitrogen and oxygen atoms in total. The fraction of sp³-hybridized carbons (Fsp3) is 0.222. The number of benzene rings is 1. The van der Waals surface area contributed by atoms with Gasteiger partial charge in [-0.15, -0.1) is 22.7 Å². The lowest BCUT2D eigenvalue weighted by atomic mass is 10.2. The number of carbonyl (C=O) groups excluding carboxylic acids is 2. The molecule has 0 bridgehead atoms. The number of thiazole rings is 2. The van der Waals surface area contributed by atoms with E-state index in [1.807, 2.05) is 37.3 Å². The number of nitrogens with one attached hydrogen (secondary N) is 2. The molecule has 134 valence electrons. The zero-order valence-electron chi connectivity index (χ0n) is 14.4. The van der Waals surface area contributed by atoms with Gasteiger partial charge in [0.2, 0.25) is 11.8 Å². The van der Waals surface area contributed by atoms with E-state index in [1.165, 1.54) is 22.7 Å². The Morgan fingerprint density at radius 3 is 2.58 bits per heavy atom. The van der Waals surface area contributed by atoms with Gasteiger partial charge < -0.3 is 10.6 Å². The highest BCUT2D eigenvalue weighted by atomic mass is 32.1. The molecule has 3 aromatic rings. The number of hydrogen-bond donors (Lipinski definition) is 2. The SMILES string of the molecule is CNC(=O)Cc1csc(NC(=O)Cc2sc(-c3ccccc3)nc2C)n1. The quantitative estimate of drug-likeness (QED) is 0.682. The maximum Gasteiger partial charge on any atom is 0.231 e. The highest BCUT2D eigenvalue weighted by Gasteiger charge is 2.14. The third-order valence-electron chi connectivity index (χ3n) is 3.65. The minimum atomic E-state index is -0.141. The Balaban J connectivity index is 1.64. The Morgan fingerprint density at radius 1 is 1.08 bits per heavy atom. The summed E-state index contributed by atoms with van der Waals surface area (Å²) >= 11 is 2.84. The number of rotatable bonds is 6. The van der Waals surface area contributed by atoms with E-state index in [4.69, 9.17) is 0 Å². The van der Waals surface area contributed by atoms with E-state index in [0.29, 0.717) is 10.8 Å². The zero-order chi connectivity index (χ0) is 18.5. The molecule has 0 spiro atoms. The van der Waals surface area contributed by atoms with Crippen LogP contribution in [0.15, 0.2) is 35.7 Å². The van der Waals surface area contributed by atoms with E-state index >= 15 is 0 Å². The molecule has 2 heterocycles. The monoisotopic (exact) mass is 386 g/mol. The third-order valence-corrected chi connectivity index (χ3v) is 5.67. The van der Waals surface area contributed by atoms with Gasteiger partial charge in [0.1, 0.15) is 5.01 Å². The van der Waals surface area contributed by atoms with Crippen molar-refractivity contribution in [2.24, 2.45) is 0 Å². The van der Waals surface area contributed by atoms with E-state index in [0.717, 1.165) is 21.1 Å². The van der Waals surface area contributed by atoms with Crippen molar-refractivity contribution in [1.29, 1.82) is 0 Å². The van der Waals surface area contributed by atoms with Crippen LogP contribution in [0, 0.1) is 6.92 Å². The van der Waals surface area contributed by atoms with Crippen LogP contribution in [-0.2, 0) is 22.4 Å². The second-order valence-corrected chi connectivity index (χ2v) is 7.55. The molecule has 0 aliphatic heterocycles. The summed E-state index contributed by atoms with van der Waals surface area (Å²) in [5.74, 6) is -0.251. The summed E-state index contributed by atoms with van der Waals surface area (Å²) in [7, 11) is 1.58. The molecular weight excluding hydrogens is 368 g/mol. The molecule has 0 saturated carbocycles. The van der Waals surface area contributed by atoms with Crippen LogP contribution in [0.4, 0.5) is 5.13 Å². The summed E-state index contributed by atoms with van der Waals surface area (Å²) in [5.41, 5.74) is 2.56. The number of aromatic nitrogens is 2. The normalized spacial score (nSPS) is 10.5. The Bertz CT molecular complexity index is 918. The van der Waals surface area contributed by atoms with Crippen molar-refractivity contribution in [3.05, 3.63) is 52.0 Å². The first-order valence-corrected chi connectivity index (χ1v) is 9.71. The fourth-order valence-corrected chi connectivity index (χ4v) is 4.10. The summed E-state index contributed by atoms with van der Waals surface area (Å²) in [5, 5.41) is 8.53. The Kier molecular flexibility index (Phi) is 5.75. The lowest BCUT2D eigenvalue weighted by Gasteiger charge is -2.00. The van der Waals surface area contributed by atoms with Crippen molar-refractivity contribution < 1.29 is 9.59 Å². The van der Waals surface area contributed by atoms with Crippen LogP contribution in [-0.4, -0.2) is 28.8 Å². The van der Waals surface area contributed by atoms with Crippen LogP contribution in [0.25, 0.3) is 10.6 Å². The molecule has 0 aliphatic rings. The van der Waals surface area contributed by atoms with Gasteiger partial charge in [0.25, 0.3) is 0 Å². The van der Waals surface area contributed by atoms with Crippen molar-refractivity contribution >= 4 is 39.6 Å². The smallest absolute Gasteiger partial charge is 0.231 e. The number of nitrogens with zero attached hydrogens (tertiary/aromatic N) is 2. The minimum absolute atomic E-state index is 0.109. The predicted molar refractivity (Wildman–Crippen MR) is 105 cm³/mol. The molecule has 0 unspecified atom stereocenters. The summed E-state index contributed by atoms with van der Waals surface area (Å²) < 4.78 is 0.